The van der Waals surface area contributed by atoms with Gasteiger partial charge >= 0.3 is 11.6 Å². The molecule has 0 atom stereocenters. The van der Waals surface area contributed by atoms with E-state index in [4.69, 9.17) is 0 Å². The third kappa shape index (κ3) is 24.5. The Labute approximate surface area is 75.1 Å². The van der Waals surface area contributed by atoms with E-state index >= 15 is 0 Å². The Morgan fingerprint density at radius 2 is 1.00 bits per heavy atom. The third-order valence-electron chi connectivity index (χ3n) is 0.901. The van der Waals surface area contributed by atoms with Gasteiger partial charge in [0.2, 0.25) is 0 Å². The first-order valence-corrected chi connectivity index (χ1v) is 5.17. The van der Waals surface area contributed by atoms with Crippen LogP contribution in [0.1, 0.15) is 26.7 Å². The molecule has 0 fully saturated rings. The van der Waals surface area contributed by atoms with Crippen LogP contribution in [0, 0.1) is 0 Å². The summed E-state index contributed by atoms with van der Waals surface area (Å²) in [6.45, 7) is 4.36. The van der Waals surface area contributed by atoms with Gasteiger partial charge in [-0.2, -0.15) is 26.3 Å². The van der Waals surface area contributed by atoms with Gasteiger partial charge in [-0.05, 0) is 0 Å². The van der Waals surface area contributed by atoms with Crippen LogP contribution in [0.3, 0.4) is 0 Å². The Morgan fingerprint density at radius 1 is 0.769 bits per heavy atom. The first-order chi connectivity index (χ1) is 5.62. The maximum atomic E-state index is 10.9. The minimum absolute atomic E-state index is 1.32. The van der Waals surface area contributed by atoms with Crippen LogP contribution < -0.4 is 0 Å². The zero-order valence-corrected chi connectivity index (χ0v) is 8.80. The Hall–Kier alpha value is -0.203. The van der Waals surface area contributed by atoms with E-state index in [-0.39, 0.29) is 0 Å². The number of rotatable bonds is 1. The molecule has 0 heterocycles. The lowest BCUT2D eigenvalue weighted by Gasteiger charge is -2.07. The molecular formula is C6H12F6Si. The van der Waals surface area contributed by atoms with Crippen LogP contribution in [0.2, 0.25) is 0 Å². The van der Waals surface area contributed by atoms with Crippen molar-refractivity contribution in [3.63, 3.8) is 0 Å². The fourth-order valence-corrected chi connectivity index (χ4v) is 0.682. The highest BCUT2D eigenvalue weighted by Crippen LogP contribution is 2.23. The average molecular weight is 226 g/mol. The Kier molecular flexibility index (Phi) is 7.38. The molecule has 0 nitrogen and oxygen atoms in total. The van der Waals surface area contributed by atoms with Gasteiger partial charge in [0.15, 0.2) is 0 Å². The molecule has 7 heteroatoms. The summed E-state index contributed by atoms with van der Waals surface area (Å²) in [4.78, 5) is 0. The first-order valence-electron chi connectivity index (χ1n) is 3.76. The second-order valence-corrected chi connectivity index (χ2v) is 4.36. The first kappa shape index (κ1) is 15.3. The maximum absolute atomic E-state index is 10.9. The van der Waals surface area contributed by atoms with Crippen molar-refractivity contribution in [3.05, 3.63) is 0 Å². The van der Waals surface area contributed by atoms with E-state index in [0.29, 0.717) is 0 Å². The Balaban J connectivity index is 0. The summed E-state index contributed by atoms with van der Waals surface area (Å²) in [5.41, 5.74) is 0. The van der Waals surface area contributed by atoms with E-state index in [0.717, 1.165) is 0 Å². The summed E-state index contributed by atoms with van der Waals surface area (Å²) in [5.74, 6) is -10.0. The van der Waals surface area contributed by atoms with E-state index < -0.39 is 21.1 Å². The summed E-state index contributed by atoms with van der Waals surface area (Å²) >= 11 is 0. The molecule has 82 valence electrons. The van der Waals surface area contributed by atoms with Crippen molar-refractivity contribution in [3.8, 4) is 0 Å². The van der Waals surface area contributed by atoms with Gasteiger partial charge in [0, 0.05) is 0 Å². The van der Waals surface area contributed by atoms with Gasteiger partial charge < -0.3 is 0 Å². The standard InChI is InChI=1S/C4H10.C2H2F6Si/c1-3-4-2;3-1(4,5)9-2(6,7)8/h3-4H2,1-2H3;9H2. The van der Waals surface area contributed by atoms with Crippen molar-refractivity contribution in [2.75, 3.05) is 0 Å². The lowest BCUT2D eigenvalue weighted by molar-refractivity contribution is -0.0955. The van der Waals surface area contributed by atoms with Gasteiger partial charge in [-0.1, -0.05) is 26.7 Å². The lowest BCUT2D eigenvalue weighted by atomic mass is 10.4. The molecule has 0 N–H and O–H groups in total. The van der Waals surface area contributed by atoms with Crippen molar-refractivity contribution < 1.29 is 26.3 Å². The molecule has 0 rings (SSSR count). The molecular weight excluding hydrogens is 214 g/mol. The highest BCUT2D eigenvalue weighted by molar-refractivity contribution is 6.40. The fraction of sp³-hybridized carbons (Fsp3) is 1.00. The van der Waals surface area contributed by atoms with Crippen LogP contribution in [0.5, 0.6) is 0 Å². The summed E-state index contributed by atoms with van der Waals surface area (Å²) < 4.78 is 65.4. The fourth-order valence-electron chi connectivity index (χ4n) is 0.227. The quantitative estimate of drug-likeness (QED) is 0.476. The third-order valence-corrected chi connectivity index (χ3v) is 1.70. The average Bonchev–Trinajstić information content (AvgIpc) is 1.80. The molecule has 0 amide bonds. The predicted octanol–water partition coefficient (Wildman–Crippen LogP) is 3.00. The van der Waals surface area contributed by atoms with Crippen LogP contribution in [0.25, 0.3) is 0 Å². The molecule has 0 unspecified atom stereocenters. The molecule has 0 spiro atoms. The molecule has 0 saturated carbocycles. The predicted molar refractivity (Wildman–Crippen MR) is 41.2 cm³/mol. The second-order valence-electron chi connectivity index (χ2n) is 2.41. The largest absolute Gasteiger partial charge is 0.365 e. The van der Waals surface area contributed by atoms with E-state index in [1.165, 1.54) is 12.8 Å². The summed E-state index contributed by atoms with van der Waals surface area (Å²) in [7, 11) is -3.91. The van der Waals surface area contributed by atoms with Crippen molar-refractivity contribution >= 4 is 9.52 Å². The van der Waals surface area contributed by atoms with Crippen molar-refractivity contribution in [2.24, 2.45) is 0 Å². The van der Waals surface area contributed by atoms with Gasteiger partial charge in [0.05, 0.1) is 0 Å². The van der Waals surface area contributed by atoms with Crippen molar-refractivity contribution in [1.82, 2.24) is 0 Å². The van der Waals surface area contributed by atoms with E-state index in [1.807, 2.05) is 0 Å². The van der Waals surface area contributed by atoms with E-state index in [2.05, 4.69) is 13.8 Å². The van der Waals surface area contributed by atoms with Crippen LogP contribution in [0.4, 0.5) is 26.3 Å². The van der Waals surface area contributed by atoms with Crippen molar-refractivity contribution in [2.45, 2.75) is 38.3 Å². The van der Waals surface area contributed by atoms with Gasteiger partial charge in [-0.15, -0.1) is 0 Å². The van der Waals surface area contributed by atoms with E-state index in [1.54, 1.807) is 0 Å². The van der Waals surface area contributed by atoms with Gasteiger partial charge in [-0.3, -0.25) is 0 Å². The molecule has 0 aliphatic rings. The van der Waals surface area contributed by atoms with Crippen molar-refractivity contribution in [1.29, 1.82) is 0 Å². The zero-order valence-electron chi connectivity index (χ0n) is 7.39. The summed E-state index contributed by atoms with van der Waals surface area (Å²) in [5, 5.41) is 0. The second kappa shape index (κ2) is 6.28. The maximum Gasteiger partial charge on any atom is 0.365 e. The van der Waals surface area contributed by atoms with Crippen LogP contribution >= 0.6 is 0 Å². The summed E-state index contributed by atoms with van der Waals surface area (Å²) in [6.07, 6.45) is 2.64. The topological polar surface area (TPSA) is 0 Å². The normalized spacial score (nSPS) is 12.0. The van der Waals surface area contributed by atoms with Gasteiger partial charge in [0.25, 0.3) is 9.52 Å². The van der Waals surface area contributed by atoms with Crippen LogP contribution in [-0.2, 0) is 0 Å². The molecule has 0 saturated heterocycles. The van der Waals surface area contributed by atoms with Crippen LogP contribution in [0.15, 0.2) is 0 Å². The van der Waals surface area contributed by atoms with Gasteiger partial charge in [0.1, 0.15) is 0 Å². The van der Waals surface area contributed by atoms with Gasteiger partial charge in [-0.25, -0.2) is 0 Å². The molecule has 0 aliphatic heterocycles. The Morgan fingerprint density at radius 3 is 1.00 bits per heavy atom. The highest BCUT2D eigenvalue weighted by atomic mass is 28.2. The number of halogens is 6. The highest BCUT2D eigenvalue weighted by Gasteiger charge is 2.44. The number of hydrogen-bond acceptors (Lipinski definition) is 0. The number of alkyl halides is 6. The zero-order chi connectivity index (χ0) is 11.1. The molecule has 0 bridgehead atoms. The Bertz CT molecular complexity index is 101. The minimum atomic E-state index is -5.00. The SMILES string of the molecule is CCCC.FC(F)(F)[SiH2]C(F)(F)F. The molecule has 0 aromatic carbocycles. The van der Waals surface area contributed by atoms with E-state index in [9.17, 15) is 26.3 Å². The monoisotopic (exact) mass is 226 g/mol. The van der Waals surface area contributed by atoms with Crippen LogP contribution in [-0.4, -0.2) is 21.1 Å². The smallest absolute Gasteiger partial charge is 0.177 e. The molecule has 0 radical (unpaired) electrons. The molecule has 0 aromatic heterocycles. The lowest BCUT2D eigenvalue weighted by Crippen LogP contribution is -2.32. The molecule has 0 aromatic rings. The minimum Gasteiger partial charge on any atom is -0.177 e. The number of hydrogen-bond donors (Lipinski definition) is 0. The number of unbranched alkanes of at least 4 members (excludes halogenated alkanes) is 1. The molecule has 13 heavy (non-hydrogen) atoms. The summed E-state index contributed by atoms with van der Waals surface area (Å²) in [6, 6.07) is 0. The molecule has 0 aliphatic carbocycles.